The zero-order chi connectivity index (χ0) is 37.8. The van der Waals surface area contributed by atoms with E-state index in [1.54, 1.807) is 72.8 Å². The second-order valence-electron chi connectivity index (χ2n) is 15.0. The summed E-state index contributed by atoms with van der Waals surface area (Å²) in [6.07, 6.45) is 0.361. The van der Waals surface area contributed by atoms with Crippen molar-refractivity contribution < 1.29 is 32.8 Å². The van der Waals surface area contributed by atoms with Gasteiger partial charge < -0.3 is 23.4 Å². The number of aromatic hydroxyl groups is 1. The molecule has 7 nitrogen and oxygen atoms in total. The van der Waals surface area contributed by atoms with Crippen LogP contribution in [0.5, 0.6) is 28.7 Å². The van der Waals surface area contributed by atoms with Crippen LogP contribution in [0.25, 0.3) is 5.57 Å². The number of benzene rings is 5. The predicted octanol–water partition coefficient (Wildman–Crippen LogP) is 11.5. The highest BCUT2D eigenvalue weighted by atomic mass is 31.2. The van der Waals surface area contributed by atoms with E-state index in [4.69, 9.17) is 18.3 Å². The third kappa shape index (κ3) is 9.15. The van der Waals surface area contributed by atoms with Gasteiger partial charge in [-0.3, -0.25) is 0 Å². The molecule has 0 spiro atoms. The van der Waals surface area contributed by atoms with Gasteiger partial charge in [0, 0.05) is 6.42 Å². The van der Waals surface area contributed by atoms with Crippen LogP contribution in [0.2, 0.25) is 0 Å². The van der Waals surface area contributed by atoms with Crippen LogP contribution in [0.15, 0.2) is 116 Å². The fourth-order valence-corrected chi connectivity index (χ4v) is 7.25. The first kappa shape index (κ1) is 38.0. The first-order valence-corrected chi connectivity index (χ1v) is 18.7. The van der Waals surface area contributed by atoms with Gasteiger partial charge in [0.05, 0.1) is 5.57 Å². The SMILES string of the molecule is C=C(C(=O)Oc1ccccc1OP(=O)(Oc1ccccc1)Oc1ccccc1)c1c(Cc2cc(C)cc(C(C)(C)C)c2O)cc(C)cc1C(C)(C)C. The average molecular weight is 719 g/mol. The largest absolute Gasteiger partial charge is 0.647 e. The minimum absolute atomic E-state index is 0.000633. The van der Waals surface area contributed by atoms with Gasteiger partial charge in [-0.2, -0.15) is 4.57 Å². The molecule has 5 rings (SSSR count). The molecule has 1 N–H and O–H groups in total. The Kier molecular flexibility index (Phi) is 11.1. The van der Waals surface area contributed by atoms with Gasteiger partial charge in [-0.05, 0) is 88.9 Å². The standard InChI is InChI=1S/C44H47O7P/c1-29-24-32(28-33-25-30(2)27-37(41(33)45)44(7,8)9)40(36(26-29)43(4,5)6)31(3)42(46)48-38-22-16-17-23-39(38)51-52(47,49-34-18-12-10-13-19-34)50-35-20-14-11-15-21-35/h10-27,45H,3,28H2,1-2,4-9H3. The molecule has 0 heterocycles. The van der Waals surface area contributed by atoms with E-state index in [1.165, 1.54) is 12.1 Å². The summed E-state index contributed by atoms with van der Waals surface area (Å²) in [5, 5.41) is 11.5. The zero-order valence-corrected chi connectivity index (χ0v) is 32.0. The molecule has 0 bridgehead atoms. The first-order chi connectivity index (χ1) is 24.4. The third-order valence-electron chi connectivity index (χ3n) is 8.43. The van der Waals surface area contributed by atoms with E-state index in [9.17, 15) is 14.5 Å². The number of para-hydroxylation sites is 4. The van der Waals surface area contributed by atoms with Crippen molar-refractivity contribution in [3.8, 4) is 28.7 Å². The highest BCUT2D eigenvalue weighted by Crippen LogP contribution is 2.51. The van der Waals surface area contributed by atoms with Gasteiger partial charge in [-0.1, -0.05) is 132 Å². The number of phosphoric acid groups is 1. The monoisotopic (exact) mass is 718 g/mol. The molecular weight excluding hydrogens is 671 g/mol. The van der Waals surface area contributed by atoms with Crippen LogP contribution in [0.3, 0.4) is 0 Å². The number of ether oxygens (including phenoxy) is 1. The molecule has 0 amide bonds. The second kappa shape index (κ2) is 15.1. The summed E-state index contributed by atoms with van der Waals surface area (Å²) in [6.45, 7) is 20.7. The van der Waals surface area contributed by atoms with E-state index in [0.717, 1.165) is 33.4 Å². The molecule has 0 aliphatic rings. The van der Waals surface area contributed by atoms with Gasteiger partial charge in [-0.15, -0.1) is 0 Å². The fraction of sp³-hybridized carbons (Fsp3) is 0.250. The van der Waals surface area contributed by atoms with Crippen molar-refractivity contribution in [2.75, 3.05) is 0 Å². The zero-order valence-electron chi connectivity index (χ0n) is 31.2. The maximum absolute atomic E-state index is 14.2. The lowest BCUT2D eigenvalue weighted by Gasteiger charge is -2.27. The molecule has 8 heteroatoms. The summed E-state index contributed by atoms with van der Waals surface area (Å²) in [7, 11) is -4.38. The quantitative estimate of drug-likeness (QED) is 0.0629. The molecule has 52 heavy (non-hydrogen) atoms. The molecule has 0 radical (unpaired) electrons. The van der Waals surface area contributed by atoms with Crippen molar-refractivity contribution in [1.29, 1.82) is 0 Å². The number of hydrogen-bond donors (Lipinski definition) is 1. The Hall–Kier alpha value is -5.26. The Morgan fingerprint density at radius 3 is 1.63 bits per heavy atom. The summed E-state index contributed by atoms with van der Waals surface area (Å²) >= 11 is 0. The number of carbonyl (C=O) groups excluding carboxylic acids is 1. The van der Waals surface area contributed by atoms with Crippen LogP contribution in [-0.2, 0) is 26.6 Å². The number of esters is 1. The van der Waals surface area contributed by atoms with Crippen molar-refractivity contribution in [3.05, 3.63) is 155 Å². The minimum Gasteiger partial charge on any atom is -0.507 e. The van der Waals surface area contributed by atoms with Crippen LogP contribution in [0.1, 0.15) is 80.5 Å². The van der Waals surface area contributed by atoms with Crippen LogP contribution < -0.4 is 18.3 Å². The molecule has 0 saturated heterocycles. The first-order valence-electron chi connectivity index (χ1n) is 17.2. The Morgan fingerprint density at radius 2 is 1.12 bits per heavy atom. The van der Waals surface area contributed by atoms with Gasteiger partial charge in [-0.25, -0.2) is 4.79 Å². The molecule has 0 fully saturated rings. The molecule has 0 aliphatic carbocycles. The predicted molar refractivity (Wildman–Crippen MR) is 208 cm³/mol. The Balaban J connectivity index is 1.51. The number of rotatable bonds is 11. The molecular formula is C44H47O7P. The fourth-order valence-electron chi connectivity index (χ4n) is 5.98. The maximum Gasteiger partial charge on any atom is 0.647 e. The molecule has 0 aliphatic heterocycles. The third-order valence-corrected chi connectivity index (χ3v) is 9.71. The summed E-state index contributed by atoms with van der Waals surface area (Å²) < 4.78 is 37.8. The highest BCUT2D eigenvalue weighted by molar-refractivity contribution is 7.49. The van der Waals surface area contributed by atoms with Crippen molar-refractivity contribution >= 4 is 19.4 Å². The van der Waals surface area contributed by atoms with E-state index in [1.807, 2.05) is 32.0 Å². The van der Waals surface area contributed by atoms with E-state index >= 15 is 0 Å². The Bertz CT molecular complexity index is 2080. The molecule has 0 atom stereocenters. The Labute approximate surface area is 307 Å². The van der Waals surface area contributed by atoms with Crippen LogP contribution >= 0.6 is 7.82 Å². The van der Waals surface area contributed by atoms with E-state index in [-0.39, 0.29) is 45.2 Å². The van der Waals surface area contributed by atoms with Crippen molar-refractivity contribution in [3.63, 3.8) is 0 Å². The van der Waals surface area contributed by atoms with Crippen LogP contribution in [-0.4, -0.2) is 11.1 Å². The van der Waals surface area contributed by atoms with Crippen molar-refractivity contribution in [2.45, 2.75) is 72.6 Å². The van der Waals surface area contributed by atoms with E-state index in [2.05, 4.69) is 54.2 Å². The van der Waals surface area contributed by atoms with Gasteiger partial charge >= 0.3 is 13.8 Å². The number of aryl methyl sites for hydroxylation is 2. The van der Waals surface area contributed by atoms with Gasteiger partial charge in [0.25, 0.3) is 0 Å². The number of phenols is 1. The second-order valence-corrected chi connectivity index (χ2v) is 16.4. The average Bonchev–Trinajstić information content (AvgIpc) is 3.06. The summed E-state index contributed by atoms with van der Waals surface area (Å²) in [4.78, 5) is 14.1. The van der Waals surface area contributed by atoms with Crippen molar-refractivity contribution in [2.24, 2.45) is 0 Å². The van der Waals surface area contributed by atoms with Crippen LogP contribution in [0.4, 0.5) is 0 Å². The molecule has 0 aromatic heterocycles. The lowest BCUT2D eigenvalue weighted by atomic mass is 9.77. The summed E-state index contributed by atoms with van der Waals surface area (Å²) in [6, 6.07) is 31.5. The lowest BCUT2D eigenvalue weighted by Crippen LogP contribution is -2.20. The van der Waals surface area contributed by atoms with Gasteiger partial charge in [0.1, 0.15) is 17.2 Å². The smallest absolute Gasteiger partial charge is 0.507 e. The molecule has 5 aromatic carbocycles. The number of phenolic OH excluding ortho intramolecular Hbond substituents is 1. The minimum atomic E-state index is -4.38. The number of carbonyl (C=O) groups is 1. The summed E-state index contributed by atoms with van der Waals surface area (Å²) in [5.74, 6) is 0.0130. The van der Waals surface area contributed by atoms with Crippen molar-refractivity contribution in [1.82, 2.24) is 0 Å². The molecule has 5 aromatic rings. The van der Waals surface area contributed by atoms with E-state index in [0.29, 0.717) is 12.0 Å². The van der Waals surface area contributed by atoms with Gasteiger partial charge in [0.2, 0.25) is 0 Å². The Morgan fingerprint density at radius 1 is 0.654 bits per heavy atom. The number of phosphoric ester groups is 1. The highest BCUT2D eigenvalue weighted by Gasteiger charge is 2.35. The molecule has 270 valence electrons. The lowest BCUT2D eigenvalue weighted by molar-refractivity contribution is -0.128. The molecule has 0 saturated carbocycles. The topological polar surface area (TPSA) is 91.3 Å². The maximum atomic E-state index is 14.2. The van der Waals surface area contributed by atoms with Crippen LogP contribution in [0, 0.1) is 13.8 Å². The van der Waals surface area contributed by atoms with E-state index < -0.39 is 13.8 Å². The summed E-state index contributed by atoms with van der Waals surface area (Å²) in [5.41, 5.74) is 5.51. The van der Waals surface area contributed by atoms with Gasteiger partial charge in [0.15, 0.2) is 11.5 Å². The molecule has 0 unspecified atom stereocenters. The normalized spacial score (nSPS) is 11.8. The number of hydrogen-bond acceptors (Lipinski definition) is 7.